The van der Waals surface area contributed by atoms with Crippen LogP contribution in [0.2, 0.25) is 0 Å². The molecular weight excluding hydrogens is 258 g/mol. The van der Waals surface area contributed by atoms with E-state index in [-0.39, 0.29) is 5.54 Å². The topological polar surface area (TPSA) is 21.3 Å². The molecule has 21 heavy (non-hydrogen) atoms. The van der Waals surface area contributed by atoms with Gasteiger partial charge in [0.1, 0.15) is 5.75 Å². The van der Waals surface area contributed by atoms with E-state index in [9.17, 15) is 0 Å². The fourth-order valence-corrected chi connectivity index (χ4v) is 2.31. The number of methoxy groups -OCH3 is 1. The van der Waals surface area contributed by atoms with E-state index < -0.39 is 0 Å². The summed E-state index contributed by atoms with van der Waals surface area (Å²) in [5, 5.41) is 3.64. The van der Waals surface area contributed by atoms with Crippen LogP contribution in [0.3, 0.4) is 0 Å². The number of rotatable bonds is 7. The molecule has 0 aliphatic heterocycles. The van der Waals surface area contributed by atoms with Gasteiger partial charge in [0.2, 0.25) is 0 Å². The van der Waals surface area contributed by atoms with E-state index in [2.05, 4.69) is 61.6 Å². The van der Waals surface area contributed by atoms with Gasteiger partial charge in [-0.25, -0.2) is 0 Å². The summed E-state index contributed by atoms with van der Waals surface area (Å²) >= 11 is 0. The second-order valence-electron chi connectivity index (χ2n) is 6.07. The standard InChI is InChI=1S/C19H25NO/c1-19(2,13-12-16-8-5-4-6-9-16)20-15-17-10-7-11-18(14-17)21-3/h4-11,14,20H,12-13,15H2,1-3H3. The van der Waals surface area contributed by atoms with Crippen LogP contribution in [0.15, 0.2) is 54.6 Å². The van der Waals surface area contributed by atoms with E-state index in [4.69, 9.17) is 4.74 Å². The largest absolute Gasteiger partial charge is 0.497 e. The molecular formula is C19H25NO. The molecule has 0 unspecified atom stereocenters. The lowest BCUT2D eigenvalue weighted by Crippen LogP contribution is -2.39. The van der Waals surface area contributed by atoms with Gasteiger partial charge in [-0.1, -0.05) is 42.5 Å². The van der Waals surface area contributed by atoms with Crippen molar-refractivity contribution in [3.63, 3.8) is 0 Å². The Morgan fingerprint density at radius 1 is 0.952 bits per heavy atom. The van der Waals surface area contributed by atoms with Crippen molar-refractivity contribution in [1.82, 2.24) is 5.32 Å². The molecule has 0 radical (unpaired) electrons. The molecule has 0 aromatic heterocycles. The average Bonchev–Trinajstić information content (AvgIpc) is 2.52. The molecule has 2 aromatic carbocycles. The van der Waals surface area contributed by atoms with Crippen LogP contribution in [0, 0.1) is 0 Å². The highest BCUT2D eigenvalue weighted by Crippen LogP contribution is 2.16. The Morgan fingerprint density at radius 2 is 1.67 bits per heavy atom. The molecule has 2 heteroatoms. The first-order valence-electron chi connectivity index (χ1n) is 7.51. The van der Waals surface area contributed by atoms with Crippen molar-refractivity contribution in [2.75, 3.05) is 7.11 Å². The minimum absolute atomic E-state index is 0.110. The van der Waals surface area contributed by atoms with Gasteiger partial charge in [-0.15, -0.1) is 0 Å². The van der Waals surface area contributed by atoms with E-state index >= 15 is 0 Å². The normalized spacial score (nSPS) is 11.4. The molecule has 0 amide bonds. The molecule has 0 aliphatic carbocycles. The van der Waals surface area contributed by atoms with Crippen LogP contribution in [0.4, 0.5) is 0 Å². The SMILES string of the molecule is COc1cccc(CNC(C)(C)CCc2ccccc2)c1. The predicted octanol–water partition coefficient (Wildman–Crippen LogP) is 4.20. The van der Waals surface area contributed by atoms with Gasteiger partial charge >= 0.3 is 0 Å². The van der Waals surface area contributed by atoms with Crippen LogP contribution in [-0.2, 0) is 13.0 Å². The zero-order chi connectivity index (χ0) is 15.1. The van der Waals surface area contributed by atoms with Gasteiger partial charge in [-0.05, 0) is 49.9 Å². The highest BCUT2D eigenvalue weighted by Gasteiger charge is 2.16. The molecule has 0 aliphatic rings. The van der Waals surface area contributed by atoms with Crippen molar-refractivity contribution in [2.45, 2.75) is 38.8 Å². The third-order valence-electron chi connectivity index (χ3n) is 3.79. The van der Waals surface area contributed by atoms with Crippen LogP contribution < -0.4 is 10.1 Å². The maximum atomic E-state index is 5.26. The van der Waals surface area contributed by atoms with Crippen molar-refractivity contribution in [3.05, 3.63) is 65.7 Å². The molecule has 2 rings (SSSR count). The quantitative estimate of drug-likeness (QED) is 0.822. The summed E-state index contributed by atoms with van der Waals surface area (Å²) in [4.78, 5) is 0. The van der Waals surface area contributed by atoms with E-state index in [1.54, 1.807) is 7.11 Å². The smallest absolute Gasteiger partial charge is 0.119 e. The zero-order valence-electron chi connectivity index (χ0n) is 13.2. The molecule has 0 fully saturated rings. The predicted molar refractivity (Wildman–Crippen MR) is 88.7 cm³/mol. The molecule has 0 spiro atoms. The van der Waals surface area contributed by atoms with E-state index in [0.29, 0.717) is 0 Å². The minimum atomic E-state index is 0.110. The van der Waals surface area contributed by atoms with Crippen LogP contribution in [0.1, 0.15) is 31.4 Å². The van der Waals surface area contributed by atoms with E-state index in [0.717, 1.165) is 25.1 Å². The highest BCUT2D eigenvalue weighted by atomic mass is 16.5. The fraction of sp³-hybridized carbons (Fsp3) is 0.368. The summed E-state index contributed by atoms with van der Waals surface area (Å²) in [6.07, 6.45) is 2.21. The van der Waals surface area contributed by atoms with Gasteiger partial charge in [-0.3, -0.25) is 0 Å². The van der Waals surface area contributed by atoms with E-state index in [1.807, 2.05) is 12.1 Å². The lowest BCUT2D eigenvalue weighted by atomic mass is 9.95. The summed E-state index contributed by atoms with van der Waals surface area (Å²) in [5.41, 5.74) is 2.76. The third-order valence-corrected chi connectivity index (χ3v) is 3.79. The summed E-state index contributed by atoms with van der Waals surface area (Å²) in [7, 11) is 1.70. The summed E-state index contributed by atoms with van der Waals surface area (Å²) < 4.78 is 5.26. The first-order chi connectivity index (χ1) is 10.1. The van der Waals surface area contributed by atoms with Gasteiger partial charge in [0, 0.05) is 12.1 Å². The molecule has 0 heterocycles. The molecule has 0 atom stereocenters. The van der Waals surface area contributed by atoms with Gasteiger partial charge in [0.25, 0.3) is 0 Å². The molecule has 1 N–H and O–H groups in total. The van der Waals surface area contributed by atoms with Gasteiger partial charge in [0.05, 0.1) is 7.11 Å². The Morgan fingerprint density at radius 3 is 2.38 bits per heavy atom. The van der Waals surface area contributed by atoms with Crippen LogP contribution in [0.25, 0.3) is 0 Å². The molecule has 2 aromatic rings. The first kappa shape index (κ1) is 15.6. The van der Waals surface area contributed by atoms with Gasteiger partial charge in [-0.2, -0.15) is 0 Å². The minimum Gasteiger partial charge on any atom is -0.497 e. The third kappa shape index (κ3) is 5.24. The highest BCUT2D eigenvalue weighted by molar-refractivity contribution is 5.28. The molecule has 0 saturated heterocycles. The van der Waals surface area contributed by atoms with Crippen molar-refractivity contribution in [3.8, 4) is 5.75 Å². The van der Waals surface area contributed by atoms with Crippen molar-refractivity contribution >= 4 is 0 Å². The van der Waals surface area contributed by atoms with Crippen molar-refractivity contribution in [2.24, 2.45) is 0 Å². The lowest BCUT2D eigenvalue weighted by molar-refractivity contribution is 0.359. The number of hydrogen-bond donors (Lipinski definition) is 1. The molecule has 112 valence electrons. The van der Waals surface area contributed by atoms with Crippen LogP contribution in [-0.4, -0.2) is 12.6 Å². The number of nitrogens with one attached hydrogen (secondary N) is 1. The fourth-order valence-electron chi connectivity index (χ4n) is 2.31. The second kappa shape index (κ2) is 7.28. The summed E-state index contributed by atoms with van der Waals surface area (Å²) in [6.45, 7) is 5.38. The number of aryl methyl sites for hydroxylation is 1. The monoisotopic (exact) mass is 283 g/mol. The molecule has 0 bridgehead atoms. The van der Waals surface area contributed by atoms with Crippen LogP contribution >= 0.6 is 0 Å². The van der Waals surface area contributed by atoms with Crippen molar-refractivity contribution in [1.29, 1.82) is 0 Å². The average molecular weight is 283 g/mol. The number of ether oxygens (including phenoxy) is 1. The Balaban J connectivity index is 1.85. The molecule has 2 nitrogen and oxygen atoms in total. The van der Waals surface area contributed by atoms with Crippen LogP contribution in [0.5, 0.6) is 5.75 Å². The maximum Gasteiger partial charge on any atom is 0.119 e. The number of hydrogen-bond acceptors (Lipinski definition) is 2. The molecule has 0 saturated carbocycles. The Kier molecular flexibility index (Phi) is 5.40. The zero-order valence-corrected chi connectivity index (χ0v) is 13.2. The second-order valence-corrected chi connectivity index (χ2v) is 6.07. The van der Waals surface area contributed by atoms with Gasteiger partial charge in [0.15, 0.2) is 0 Å². The lowest BCUT2D eigenvalue weighted by Gasteiger charge is -2.26. The number of benzene rings is 2. The Labute approximate surface area is 128 Å². The first-order valence-corrected chi connectivity index (χ1v) is 7.51. The van der Waals surface area contributed by atoms with E-state index in [1.165, 1.54) is 11.1 Å². The Bertz CT molecular complexity index is 549. The summed E-state index contributed by atoms with van der Waals surface area (Å²) in [6, 6.07) is 18.9. The summed E-state index contributed by atoms with van der Waals surface area (Å²) in [5.74, 6) is 0.913. The maximum absolute atomic E-state index is 5.26. The van der Waals surface area contributed by atoms with Crippen molar-refractivity contribution < 1.29 is 4.74 Å². The van der Waals surface area contributed by atoms with Gasteiger partial charge < -0.3 is 10.1 Å². The Hall–Kier alpha value is -1.80.